The summed E-state index contributed by atoms with van der Waals surface area (Å²) < 4.78 is 15.9. The third kappa shape index (κ3) is 3.07. The molecule has 0 spiro atoms. The van der Waals surface area contributed by atoms with Crippen molar-refractivity contribution in [3.05, 3.63) is 59.7 Å². The molecule has 0 unspecified atom stereocenters. The quantitative estimate of drug-likeness (QED) is 0.623. The van der Waals surface area contributed by atoms with Gasteiger partial charge >= 0.3 is 5.97 Å². The van der Waals surface area contributed by atoms with Gasteiger partial charge in [-0.05, 0) is 30.2 Å². The number of hydrogen-bond donors (Lipinski definition) is 0. The number of ketones is 1. The van der Waals surface area contributed by atoms with Crippen LogP contribution in [-0.2, 0) is 9.53 Å². The minimum Gasteiger partial charge on any atom is -0.496 e. The van der Waals surface area contributed by atoms with Crippen molar-refractivity contribution in [1.29, 1.82) is 0 Å². The number of fused-ring (bicyclic) bond motifs is 1. The van der Waals surface area contributed by atoms with Crippen molar-refractivity contribution < 1.29 is 23.8 Å². The van der Waals surface area contributed by atoms with Gasteiger partial charge in [0.15, 0.2) is 5.78 Å². The molecule has 3 rings (SSSR count). The van der Waals surface area contributed by atoms with Crippen molar-refractivity contribution in [2.45, 2.75) is 12.0 Å². The molecule has 1 heterocycles. The highest BCUT2D eigenvalue weighted by Gasteiger charge is 2.48. The average Bonchev–Trinajstić information content (AvgIpc) is 2.65. The summed E-state index contributed by atoms with van der Waals surface area (Å²) in [6.07, 6.45) is -0.243. The molecule has 0 radical (unpaired) electrons. The molecule has 2 aromatic carbocycles. The van der Waals surface area contributed by atoms with E-state index in [0.29, 0.717) is 16.9 Å². The van der Waals surface area contributed by atoms with Gasteiger partial charge in [-0.15, -0.1) is 0 Å². The largest absolute Gasteiger partial charge is 0.496 e. The van der Waals surface area contributed by atoms with Crippen LogP contribution in [-0.4, -0.2) is 31.6 Å². The van der Waals surface area contributed by atoms with Crippen molar-refractivity contribution in [3.63, 3.8) is 0 Å². The number of benzene rings is 2. The Kier molecular flexibility index (Phi) is 4.44. The summed E-state index contributed by atoms with van der Waals surface area (Å²) in [6.45, 7) is 0. The van der Waals surface area contributed by atoms with Crippen LogP contribution in [0.25, 0.3) is 0 Å². The van der Waals surface area contributed by atoms with Crippen molar-refractivity contribution in [3.8, 4) is 23.3 Å². The second kappa shape index (κ2) is 6.70. The summed E-state index contributed by atoms with van der Waals surface area (Å²) in [5.74, 6) is 5.35. The Balaban J connectivity index is 2.08. The molecule has 0 amide bonds. The van der Waals surface area contributed by atoms with E-state index in [1.54, 1.807) is 30.3 Å². The molecule has 126 valence electrons. The van der Waals surface area contributed by atoms with Crippen LogP contribution < -0.4 is 9.47 Å². The van der Waals surface area contributed by atoms with Gasteiger partial charge in [-0.2, -0.15) is 0 Å². The maximum Gasteiger partial charge on any atom is 0.363 e. The van der Waals surface area contributed by atoms with Gasteiger partial charge in [0, 0.05) is 5.56 Å². The van der Waals surface area contributed by atoms with Gasteiger partial charge in [-0.25, -0.2) is 4.79 Å². The first-order valence-corrected chi connectivity index (χ1v) is 7.65. The van der Waals surface area contributed by atoms with E-state index >= 15 is 0 Å². The Bertz CT molecular complexity index is 876. The van der Waals surface area contributed by atoms with Crippen LogP contribution in [0.4, 0.5) is 0 Å². The normalized spacial score (nSPS) is 18.2. The third-order valence-electron chi connectivity index (χ3n) is 3.88. The summed E-state index contributed by atoms with van der Waals surface area (Å²) in [7, 11) is 2.71. The predicted octanol–water partition coefficient (Wildman–Crippen LogP) is 2.62. The molecule has 1 aliphatic rings. The molecule has 0 aliphatic carbocycles. The van der Waals surface area contributed by atoms with Crippen LogP contribution in [0.15, 0.2) is 48.5 Å². The lowest BCUT2D eigenvalue weighted by Gasteiger charge is -2.31. The summed E-state index contributed by atoms with van der Waals surface area (Å²) >= 11 is 0. The SMILES string of the molecule is COC(=O)[C@]1(C#Cc2ccccc2)CC(=O)c2c(OC)cccc2O1. The molecule has 0 aromatic heterocycles. The first-order chi connectivity index (χ1) is 12.1. The minimum absolute atomic E-state index is 0.243. The van der Waals surface area contributed by atoms with E-state index in [4.69, 9.17) is 14.2 Å². The van der Waals surface area contributed by atoms with Crippen molar-refractivity contribution in [2.75, 3.05) is 14.2 Å². The zero-order valence-corrected chi connectivity index (χ0v) is 13.9. The van der Waals surface area contributed by atoms with Crippen LogP contribution in [0.3, 0.4) is 0 Å². The lowest BCUT2D eigenvalue weighted by atomic mass is 9.89. The van der Waals surface area contributed by atoms with Crippen LogP contribution in [0.1, 0.15) is 22.3 Å². The van der Waals surface area contributed by atoms with E-state index in [-0.39, 0.29) is 18.0 Å². The lowest BCUT2D eigenvalue weighted by molar-refractivity contribution is -0.154. The average molecular weight is 336 g/mol. The fourth-order valence-electron chi connectivity index (χ4n) is 2.67. The molecule has 2 aromatic rings. The molecule has 0 fully saturated rings. The maximum absolute atomic E-state index is 12.7. The van der Waals surface area contributed by atoms with Crippen molar-refractivity contribution in [1.82, 2.24) is 0 Å². The molecule has 1 atom stereocenters. The Labute approximate surface area is 145 Å². The molecule has 0 saturated carbocycles. The Morgan fingerprint density at radius 3 is 2.56 bits per heavy atom. The van der Waals surface area contributed by atoms with Gasteiger partial charge in [-0.3, -0.25) is 4.79 Å². The summed E-state index contributed by atoms with van der Waals surface area (Å²) in [6, 6.07) is 14.1. The lowest BCUT2D eigenvalue weighted by Crippen LogP contribution is -2.48. The highest BCUT2D eigenvalue weighted by atomic mass is 16.6. The number of methoxy groups -OCH3 is 2. The number of hydrogen-bond acceptors (Lipinski definition) is 5. The molecule has 5 heteroatoms. The monoisotopic (exact) mass is 336 g/mol. The zero-order valence-electron chi connectivity index (χ0n) is 13.9. The Hall–Kier alpha value is -3.26. The van der Waals surface area contributed by atoms with Crippen LogP contribution >= 0.6 is 0 Å². The van der Waals surface area contributed by atoms with Gasteiger partial charge < -0.3 is 14.2 Å². The predicted molar refractivity (Wildman–Crippen MR) is 90.6 cm³/mol. The fourth-order valence-corrected chi connectivity index (χ4v) is 2.67. The van der Waals surface area contributed by atoms with Gasteiger partial charge in [0.2, 0.25) is 0 Å². The second-order valence-electron chi connectivity index (χ2n) is 5.47. The van der Waals surface area contributed by atoms with Crippen LogP contribution in [0, 0.1) is 11.8 Å². The standard InChI is InChI=1S/C20H16O5/c1-23-16-9-6-10-17-18(16)15(21)13-20(25-17,19(22)24-2)12-11-14-7-4-3-5-8-14/h3-10H,13H2,1-2H3/t20-/m0/s1. The van der Waals surface area contributed by atoms with E-state index in [1.165, 1.54) is 14.2 Å². The molecule has 0 N–H and O–H groups in total. The van der Waals surface area contributed by atoms with Crippen molar-refractivity contribution >= 4 is 11.8 Å². The molecular formula is C20H16O5. The molecule has 1 aliphatic heterocycles. The van der Waals surface area contributed by atoms with Gasteiger partial charge in [0.25, 0.3) is 5.60 Å². The molecule has 0 saturated heterocycles. The number of carbonyl (C=O) groups excluding carboxylic acids is 2. The molecular weight excluding hydrogens is 320 g/mol. The molecule has 25 heavy (non-hydrogen) atoms. The van der Waals surface area contributed by atoms with E-state index in [0.717, 1.165) is 0 Å². The van der Waals surface area contributed by atoms with Gasteiger partial charge in [0.1, 0.15) is 17.1 Å². The van der Waals surface area contributed by atoms with Gasteiger partial charge in [-0.1, -0.05) is 30.2 Å². The topological polar surface area (TPSA) is 61.8 Å². The first kappa shape index (κ1) is 16.6. The summed E-state index contributed by atoms with van der Waals surface area (Å²) in [5.41, 5.74) is -0.662. The first-order valence-electron chi connectivity index (χ1n) is 7.65. The Morgan fingerprint density at radius 2 is 1.88 bits per heavy atom. The number of carbonyl (C=O) groups is 2. The van der Waals surface area contributed by atoms with Gasteiger partial charge in [0.05, 0.1) is 20.6 Å². The van der Waals surface area contributed by atoms with E-state index < -0.39 is 11.6 Å². The number of Topliss-reactive ketones (excluding diaryl/α,β-unsaturated/α-hetero) is 1. The second-order valence-corrected chi connectivity index (χ2v) is 5.47. The number of esters is 1. The van der Waals surface area contributed by atoms with Crippen LogP contribution in [0.5, 0.6) is 11.5 Å². The summed E-state index contributed by atoms with van der Waals surface area (Å²) in [5, 5.41) is 0. The minimum atomic E-state index is -1.68. The molecule has 0 bridgehead atoms. The van der Waals surface area contributed by atoms with E-state index in [1.807, 2.05) is 18.2 Å². The smallest absolute Gasteiger partial charge is 0.363 e. The Morgan fingerprint density at radius 1 is 1.12 bits per heavy atom. The molecule has 5 nitrogen and oxygen atoms in total. The highest BCUT2D eigenvalue weighted by Crippen LogP contribution is 2.38. The van der Waals surface area contributed by atoms with Crippen molar-refractivity contribution in [2.24, 2.45) is 0 Å². The zero-order chi connectivity index (χ0) is 17.9. The summed E-state index contributed by atoms with van der Waals surface area (Å²) in [4.78, 5) is 25.1. The highest BCUT2D eigenvalue weighted by molar-refractivity contribution is 6.06. The fraction of sp³-hybridized carbons (Fsp3) is 0.200. The number of ether oxygens (including phenoxy) is 3. The maximum atomic E-state index is 12.7. The van der Waals surface area contributed by atoms with E-state index in [2.05, 4.69) is 11.8 Å². The third-order valence-corrected chi connectivity index (χ3v) is 3.88. The number of rotatable bonds is 2. The van der Waals surface area contributed by atoms with Crippen LogP contribution in [0.2, 0.25) is 0 Å². The van der Waals surface area contributed by atoms with E-state index in [9.17, 15) is 9.59 Å².